The van der Waals surface area contributed by atoms with E-state index in [1.807, 2.05) is 16.7 Å². The molecule has 174 valence electrons. The summed E-state index contributed by atoms with van der Waals surface area (Å²) in [6.45, 7) is 5.66. The van der Waals surface area contributed by atoms with Crippen molar-refractivity contribution in [2.75, 3.05) is 43.1 Å². The molecule has 3 heterocycles. The monoisotopic (exact) mass is 460 g/mol. The number of β-amino-alcohol motifs (C(OH)–C–C–N with tert-alkyl or cyclic N) is 1. The van der Waals surface area contributed by atoms with Gasteiger partial charge < -0.3 is 29.5 Å². The summed E-state index contributed by atoms with van der Waals surface area (Å²) in [4.78, 5) is 41.2. The Balaban J connectivity index is 1.41. The van der Waals surface area contributed by atoms with Crippen molar-refractivity contribution in [2.45, 2.75) is 6.54 Å². The first-order valence-electron chi connectivity index (χ1n) is 11.1. The van der Waals surface area contributed by atoms with E-state index in [2.05, 4.69) is 11.9 Å². The largest absolute Gasteiger partial charge is 0.490 e. The van der Waals surface area contributed by atoms with Gasteiger partial charge in [-0.15, -0.1) is 0 Å². The van der Waals surface area contributed by atoms with Gasteiger partial charge in [-0.3, -0.25) is 14.4 Å². The number of aromatic nitrogens is 1. The van der Waals surface area contributed by atoms with Gasteiger partial charge in [0.15, 0.2) is 0 Å². The minimum absolute atomic E-state index is 0.0788. The molecule has 9 nitrogen and oxygen atoms in total. The van der Waals surface area contributed by atoms with Crippen LogP contribution in [0.2, 0.25) is 0 Å². The van der Waals surface area contributed by atoms with Crippen LogP contribution in [0.5, 0.6) is 5.75 Å². The lowest BCUT2D eigenvalue weighted by Crippen LogP contribution is -2.41. The van der Waals surface area contributed by atoms with Crippen molar-refractivity contribution in [3.05, 3.63) is 66.4 Å². The van der Waals surface area contributed by atoms with Crippen LogP contribution in [0.15, 0.2) is 55.1 Å². The lowest BCUT2D eigenvalue weighted by molar-refractivity contribution is -0.114. The minimum atomic E-state index is -0.306. The van der Waals surface area contributed by atoms with Gasteiger partial charge in [0.05, 0.1) is 18.8 Å². The Kier molecular flexibility index (Phi) is 5.54. The fraction of sp³-hybridized carbons (Fsp3) is 0.240. The number of aliphatic hydroxyl groups is 1. The number of nitrogens with zero attached hydrogens (tertiary/aromatic N) is 3. The molecule has 0 atom stereocenters. The standard InChI is InChI=1S/C25H24N4O5/c1-2-23(31)29-10-12-34-22-6-5-18(15-20(22)29)26-24(32)17-4-3-16-13-21-25(33)27(9-11-30)7-8-28(21)19(16)14-17/h2-6,13-15,30H,1,7-12H2,(H,26,32). The molecule has 0 unspecified atom stereocenters. The molecule has 0 radical (unpaired) electrons. The third-order valence-electron chi connectivity index (χ3n) is 6.16. The highest BCUT2D eigenvalue weighted by molar-refractivity contribution is 6.08. The van der Waals surface area contributed by atoms with Gasteiger partial charge in [0, 0.05) is 41.8 Å². The molecule has 0 aliphatic carbocycles. The number of anilines is 2. The van der Waals surface area contributed by atoms with E-state index >= 15 is 0 Å². The Morgan fingerprint density at radius 3 is 2.76 bits per heavy atom. The highest BCUT2D eigenvalue weighted by Gasteiger charge is 2.26. The van der Waals surface area contributed by atoms with Gasteiger partial charge >= 0.3 is 0 Å². The molecule has 34 heavy (non-hydrogen) atoms. The second-order valence-electron chi connectivity index (χ2n) is 8.15. The number of ether oxygens (including phenoxy) is 1. The number of fused-ring (bicyclic) bond motifs is 4. The molecule has 1 aromatic heterocycles. The highest BCUT2D eigenvalue weighted by atomic mass is 16.5. The number of amides is 3. The summed E-state index contributed by atoms with van der Waals surface area (Å²) in [5.74, 6) is -0.0960. The van der Waals surface area contributed by atoms with Crippen LogP contribution in [0, 0.1) is 0 Å². The molecule has 2 aliphatic rings. The van der Waals surface area contributed by atoms with E-state index in [1.54, 1.807) is 40.1 Å². The molecule has 5 rings (SSSR count). The normalized spacial score (nSPS) is 14.9. The third-order valence-corrected chi connectivity index (χ3v) is 6.16. The van der Waals surface area contributed by atoms with Gasteiger partial charge in [0.2, 0.25) is 0 Å². The van der Waals surface area contributed by atoms with Crippen molar-refractivity contribution in [1.29, 1.82) is 0 Å². The number of hydrogen-bond donors (Lipinski definition) is 2. The maximum Gasteiger partial charge on any atom is 0.270 e. The molecule has 0 spiro atoms. The van der Waals surface area contributed by atoms with Crippen molar-refractivity contribution in [3.63, 3.8) is 0 Å². The van der Waals surface area contributed by atoms with Crippen molar-refractivity contribution < 1.29 is 24.2 Å². The minimum Gasteiger partial charge on any atom is -0.490 e. The molecule has 0 saturated carbocycles. The maximum absolute atomic E-state index is 13.0. The van der Waals surface area contributed by atoms with E-state index < -0.39 is 0 Å². The van der Waals surface area contributed by atoms with Crippen LogP contribution in [0.3, 0.4) is 0 Å². The Labute approximate surface area is 195 Å². The van der Waals surface area contributed by atoms with E-state index in [4.69, 9.17) is 4.74 Å². The summed E-state index contributed by atoms with van der Waals surface area (Å²) in [6, 6.07) is 12.3. The summed E-state index contributed by atoms with van der Waals surface area (Å²) in [5, 5.41) is 12.9. The number of benzene rings is 2. The van der Waals surface area contributed by atoms with Crippen LogP contribution in [0.25, 0.3) is 10.9 Å². The molecular weight excluding hydrogens is 436 g/mol. The van der Waals surface area contributed by atoms with E-state index in [-0.39, 0.29) is 24.3 Å². The zero-order valence-electron chi connectivity index (χ0n) is 18.5. The molecule has 2 aromatic carbocycles. The second kappa shape index (κ2) is 8.68. The van der Waals surface area contributed by atoms with E-state index in [1.165, 1.54) is 6.08 Å². The van der Waals surface area contributed by atoms with Crippen LogP contribution in [-0.2, 0) is 11.3 Å². The quantitative estimate of drug-likeness (QED) is 0.569. The Morgan fingerprint density at radius 2 is 1.97 bits per heavy atom. The van der Waals surface area contributed by atoms with Gasteiger partial charge in [-0.05, 0) is 42.5 Å². The maximum atomic E-state index is 13.0. The number of hydrogen-bond acceptors (Lipinski definition) is 5. The smallest absolute Gasteiger partial charge is 0.270 e. The lowest BCUT2D eigenvalue weighted by atomic mass is 10.1. The first-order valence-corrected chi connectivity index (χ1v) is 11.1. The Morgan fingerprint density at radius 1 is 1.12 bits per heavy atom. The van der Waals surface area contributed by atoms with E-state index in [0.29, 0.717) is 61.2 Å². The SMILES string of the molecule is C=CC(=O)N1CCOc2ccc(NC(=O)c3ccc4cc5n(c4c3)CCN(CCO)C5=O)cc21. The Hall–Kier alpha value is -4.11. The van der Waals surface area contributed by atoms with Crippen LogP contribution in [0.4, 0.5) is 11.4 Å². The fourth-order valence-electron chi connectivity index (χ4n) is 4.47. The summed E-state index contributed by atoms with van der Waals surface area (Å²) in [5.41, 5.74) is 2.92. The average Bonchev–Trinajstić information content (AvgIpc) is 3.23. The highest BCUT2D eigenvalue weighted by Crippen LogP contribution is 2.34. The van der Waals surface area contributed by atoms with Crippen molar-refractivity contribution in [2.24, 2.45) is 0 Å². The predicted octanol–water partition coefficient (Wildman–Crippen LogP) is 2.25. The molecule has 3 amide bonds. The number of aliphatic hydroxyl groups excluding tert-OH is 1. The molecule has 3 aromatic rings. The van der Waals surface area contributed by atoms with Gasteiger partial charge in [-0.1, -0.05) is 12.6 Å². The van der Waals surface area contributed by atoms with Crippen molar-refractivity contribution in [1.82, 2.24) is 9.47 Å². The van der Waals surface area contributed by atoms with Gasteiger partial charge in [-0.25, -0.2) is 0 Å². The Bertz CT molecular complexity index is 1330. The lowest BCUT2D eigenvalue weighted by Gasteiger charge is -2.29. The number of carbonyl (C=O) groups is 3. The molecular formula is C25H24N4O5. The molecule has 0 saturated heterocycles. The molecule has 2 aliphatic heterocycles. The summed E-state index contributed by atoms with van der Waals surface area (Å²) >= 11 is 0. The number of nitrogens with one attached hydrogen (secondary N) is 1. The predicted molar refractivity (Wildman–Crippen MR) is 127 cm³/mol. The first kappa shape index (κ1) is 21.7. The third kappa shape index (κ3) is 3.69. The van der Waals surface area contributed by atoms with Crippen molar-refractivity contribution in [3.8, 4) is 5.75 Å². The van der Waals surface area contributed by atoms with Crippen LogP contribution < -0.4 is 15.0 Å². The van der Waals surface area contributed by atoms with E-state index in [9.17, 15) is 19.5 Å². The number of carbonyl (C=O) groups excluding carboxylic acids is 3. The zero-order chi connectivity index (χ0) is 23.8. The number of rotatable bonds is 5. The summed E-state index contributed by atoms with van der Waals surface area (Å²) < 4.78 is 7.54. The van der Waals surface area contributed by atoms with Gasteiger partial charge in [0.1, 0.15) is 18.1 Å². The van der Waals surface area contributed by atoms with Gasteiger partial charge in [-0.2, -0.15) is 0 Å². The fourth-order valence-corrected chi connectivity index (χ4v) is 4.47. The van der Waals surface area contributed by atoms with Crippen LogP contribution in [-0.4, -0.2) is 65.1 Å². The first-order chi connectivity index (χ1) is 16.5. The second-order valence-corrected chi connectivity index (χ2v) is 8.15. The van der Waals surface area contributed by atoms with E-state index in [0.717, 1.165) is 10.9 Å². The molecule has 0 bridgehead atoms. The van der Waals surface area contributed by atoms with Crippen LogP contribution in [0.1, 0.15) is 20.8 Å². The molecule has 0 fully saturated rings. The van der Waals surface area contributed by atoms with Gasteiger partial charge in [0.25, 0.3) is 17.7 Å². The average molecular weight is 460 g/mol. The zero-order valence-corrected chi connectivity index (χ0v) is 18.5. The van der Waals surface area contributed by atoms with Crippen LogP contribution >= 0.6 is 0 Å². The molecule has 9 heteroatoms. The summed E-state index contributed by atoms with van der Waals surface area (Å²) in [7, 11) is 0. The molecule has 2 N–H and O–H groups in total. The topological polar surface area (TPSA) is 104 Å². The summed E-state index contributed by atoms with van der Waals surface area (Å²) in [6.07, 6.45) is 1.25. The van der Waals surface area contributed by atoms with Crippen molar-refractivity contribution >= 4 is 40.0 Å².